The van der Waals surface area contributed by atoms with E-state index in [9.17, 15) is 9.59 Å². The van der Waals surface area contributed by atoms with Gasteiger partial charge in [0.15, 0.2) is 0 Å². The first-order valence-electron chi connectivity index (χ1n) is 7.81. The maximum atomic E-state index is 12.4. The van der Waals surface area contributed by atoms with Gasteiger partial charge in [-0.05, 0) is 66.6 Å². The molecule has 1 saturated heterocycles. The van der Waals surface area contributed by atoms with Gasteiger partial charge >= 0.3 is 5.97 Å². The molecule has 0 aromatic carbocycles. The minimum atomic E-state index is -0.777. The van der Waals surface area contributed by atoms with Crippen LogP contribution in [0.4, 0.5) is 0 Å². The van der Waals surface area contributed by atoms with E-state index in [2.05, 4.69) is 22.0 Å². The lowest BCUT2D eigenvalue weighted by Crippen LogP contribution is -2.43. The Morgan fingerprint density at radius 3 is 2.82 bits per heavy atom. The maximum absolute atomic E-state index is 12.4. The smallest absolute Gasteiger partial charge is 0.303 e. The van der Waals surface area contributed by atoms with Gasteiger partial charge in [0.05, 0.1) is 3.79 Å². The number of aliphatic carboxylic acids is 1. The number of piperidine rings is 1. The standard InChI is InChI=1S/C16H22BrNO3S/c17-14-9-8-13(22-14)5-3-6-15(19)18-11-2-1-4-12(18)7-10-16(20)21/h8-9,12H,1-7,10-11H2,(H,20,21). The highest BCUT2D eigenvalue weighted by molar-refractivity contribution is 9.11. The maximum Gasteiger partial charge on any atom is 0.303 e. The molecule has 6 heteroatoms. The average molecular weight is 388 g/mol. The highest BCUT2D eigenvalue weighted by Crippen LogP contribution is 2.25. The van der Waals surface area contributed by atoms with Crippen LogP contribution in [0.1, 0.15) is 49.8 Å². The Morgan fingerprint density at radius 1 is 1.32 bits per heavy atom. The Kier molecular flexibility index (Phi) is 6.89. The third-order valence-corrected chi connectivity index (χ3v) is 5.77. The SMILES string of the molecule is O=C(O)CCC1CCCCN1C(=O)CCCc1ccc(Br)s1. The number of carboxylic acids is 1. The molecule has 2 rings (SSSR count). The molecule has 0 radical (unpaired) electrons. The second kappa shape index (κ2) is 8.67. The zero-order valence-corrected chi connectivity index (χ0v) is 15.0. The zero-order valence-electron chi connectivity index (χ0n) is 12.6. The fourth-order valence-corrected chi connectivity index (χ4v) is 4.49. The molecule has 0 spiro atoms. The number of aryl methyl sites for hydroxylation is 1. The number of carbonyl (C=O) groups is 2. The van der Waals surface area contributed by atoms with Gasteiger partial charge in [0, 0.05) is 30.3 Å². The number of thiophene rings is 1. The Balaban J connectivity index is 1.79. The number of carbonyl (C=O) groups excluding carboxylic acids is 1. The van der Waals surface area contributed by atoms with Crippen LogP contribution in [-0.2, 0) is 16.0 Å². The lowest BCUT2D eigenvalue weighted by atomic mass is 9.97. The van der Waals surface area contributed by atoms with Gasteiger partial charge in [-0.1, -0.05) is 0 Å². The molecule has 4 nitrogen and oxygen atoms in total. The zero-order chi connectivity index (χ0) is 15.9. The number of likely N-dealkylation sites (tertiary alicyclic amines) is 1. The third kappa shape index (κ3) is 5.39. The first-order chi connectivity index (χ1) is 10.6. The van der Waals surface area contributed by atoms with Gasteiger partial charge in [0.1, 0.15) is 0 Å². The second-order valence-corrected chi connectivity index (χ2v) is 8.28. The molecule has 2 heterocycles. The molecule has 1 amide bonds. The summed E-state index contributed by atoms with van der Waals surface area (Å²) in [5.41, 5.74) is 0. The lowest BCUT2D eigenvalue weighted by molar-refractivity contribution is -0.140. The van der Waals surface area contributed by atoms with Gasteiger partial charge in [-0.2, -0.15) is 0 Å². The minimum absolute atomic E-state index is 0.119. The van der Waals surface area contributed by atoms with Crippen molar-refractivity contribution in [1.29, 1.82) is 0 Å². The number of halogens is 1. The van der Waals surface area contributed by atoms with E-state index in [-0.39, 0.29) is 18.4 Å². The average Bonchev–Trinajstić information content (AvgIpc) is 2.91. The third-order valence-electron chi connectivity index (χ3n) is 4.08. The molecule has 1 aliphatic rings. The molecule has 1 unspecified atom stereocenters. The molecule has 1 aromatic rings. The molecule has 0 aliphatic carbocycles. The van der Waals surface area contributed by atoms with Crippen molar-refractivity contribution < 1.29 is 14.7 Å². The van der Waals surface area contributed by atoms with Crippen LogP contribution in [0, 0.1) is 0 Å². The topological polar surface area (TPSA) is 57.6 Å². The van der Waals surface area contributed by atoms with E-state index in [0.717, 1.165) is 42.4 Å². The van der Waals surface area contributed by atoms with Gasteiger partial charge in [-0.15, -0.1) is 11.3 Å². The van der Waals surface area contributed by atoms with Crippen molar-refractivity contribution in [3.05, 3.63) is 20.8 Å². The summed E-state index contributed by atoms with van der Waals surface area (Å²) in [7, 11) is 0. The predicted octanol–water partition coefficient (Wildman–Crippen LogP) is 4.08. The monoisotopic (exact) mass is 387 g/mol. The molecular weight excluding hydrogens is 366 g/mol. The molecular formula is C16H22BrNO3S. The van der Waals surface area contributed by atoms with Gasteiger partial charge in [0.25, 0.3) is 0 Å². The predicted molar refractivity (Wildman–Crippen MR) is 91.2 cm³/mol. The number of amides is 1. The highest BCUT2D eigenvalue weighted by Gasteiger charge is 2.26. The quantitative estimate of drug-likeness (QED) is 0.766. The first-order valence-corrected chi connectivity index (χ1v) is 9.42. The summed E-state index contributed by atoms with van der Waals surface area (Å²) in [6.07, 6.45) is 6.14. The summed E-state index contributed by atoms with van der Waals surface area (Å²) < 4.78 is 1.12. The van der Waals surface area contributed by atoms with Gasteiger partial charge in [-0.25, -0.2) is 0 Å². The molecule has 1 aliphatic heterocycles. The Bertz CT molecular complexity index is 517. The Labute approximate surface area is 143 Å². The van der Waals surface area contributed by atoms with Crippen molar-refractivity contribution in [2.75, 3.05) is 6.54 Å². The molecule has 0 saturated carbocycles. The van der Waals surface area contributed by atoms with E-state index in [1.165, 1.54) is 4.88 Å². The van der Waals surface area contributed by atoms with E-state index in [4.69, 9.17) is 5.11 Å². The lowest BCUT2D eigenvalue weighted by Gasteiger charge is -2.35. The van der Waals surface area contributed by atoms with Crippen molar-refractivity contribution in [3.8, 4) is 0 Å². The minimum Gasteiger partial charge on any atom is -0.481 e. The molecule has 1 fully saturated rings. The van der Waals surface area contributed by atoms with Crippen LogP contribution in [0.3, 0.4) is 0 Å². The number of hydrogen-bond acceptors (Lipinski definition) is 3. The Morgan fingerprint density at radius 2 is 2.14 bits per heavy atom. The summed E-state index contributed by atoms with van der Waals surface area (Å²) >= 11 is 5.16. The fraction of sp³-hybridized carbons (Fsp3) is 0.625. The molecule has 1 atom stereocenters. The van der Waals surface area contributed by atoms with Crippen molar-refractivity contribution in [1.82, 2.24) is 4.90 Å². The van der Waals surface area contributed by atoms with E-state index in [0.29, 0.717) is 12.8 Å². The van der Waals surface area contributed by atoms with Crippen LogP contribution in [-0.4, -0.2) is 34.5 Å². The van der Waals surface area contributed by atoms with Crippen LogP contribution in [0.15, 0.2) is 15.9 Å². The number of rotatable bonds is 7. The van der Waals surface area contributed by atoms with Crippen molar-refractivity contribution in [2.24, 2.45) is 0 Å². The van der Waals surface area contributed by atoms with E-state index >= 15 is 0 Å². The van der Waals surface area contributed by atoms with Crippen LogP contribution >= 0.6 is 27.3 Å². The number of nitrogens with zero attached hydrogens (tertiary/aromatic N) is 1. The molecule has 1 N–H and O–H groups in total. The molecule has 122 valence electrons. The van der Waals surface area contributed by atoms with Crippen LogP contribution in [0.5, 0.6) is 0 Å². The van der Waals surface area contributed by atoms with E-state index in [1.807, 2.05) is 11.0 Å². The number of carboxylic acid groups (broad SMARTS) is 1. The van der Waals surface area contributed by atoms with Crippen LogP contribution in [0.2, 0.25) is 0 Å². The van der Waals surface area contributed by atoms with Crippen LogP contribution < -0.4 is 0 Å². The summed E-state index contributed by atoms with van der Waals surface area (Å²) in [6, 6.07) is 4.25. The van der Waals surface area contributed by atoms with E-state index < -0.39 is 5.97 Å². The largest absolute Gasteiger partial charge is 0.481 e. The normalized spacial score (nSPS) is 18.4. The summed E-state index contributed by atoms with van der Waals surface area (Å²) in [4.78, 5) is 26.4. The summed E-state index contributed by atoms with van der Waals surface area (Å²) in [5, 5.41) is 8.83. The molecule has 0 bridgehead atoms. The summed E-state index contributed by atoms with van der Waals surface area (Å²) in [5.74, 6) is -0.591. The van der Waals surface area contributed by atoms with Crippen molar-refractivity contribution in [2.45, 2.75) is 57.4 Å². The Hall–Kier alpha value is -0.880. The van der Waals surface area contributed by atoms with Crippen molar-refractivity contribution in [3.63, 3.8) is 0 Å². The van der Waals surface area contributed by atoms with Crippen LogP contribution in [0.25, 0.3) is 0 Å². The fourth-order valence-electron chi connectivity index (χ4n) is 2.96. The van der Waals surface area contributed by atoms with Gasteiger partial charge in [-0.3, -0.25) is 9.59 Å². The van der Waals surface area contributed by atoms with E-state index in [1.54, 1.807) is 11.3 Å². The number of hydrogen-bond donors (Lipinski definition) is 1. The second-order valence-electron chi connectivity index (χ2n) is 5.73. The van der Waals surface area contributed by atoms with Gasteiger partial charge in [0.2, 0.25) is 5.91 Å². The molecule has 22 heavy (non-hydrogen) atoms. The van der Waals surface area contributed by atoms with Crippen molar-refractivity contribution >= 4 is 39.1 Å². The van der Waals surface area contributed by atoms with Gasteiger partial charge < -0.3 is 10.0 Å². The summed E-state index contributed by atoms with van der Waals surface area (Å²) in [6.45, 7) is 0.785. The molecule has 1 aromatic heterocycles. The first kappa shape index (κ1) is 17.5. The highest BCUT2D eigenvalue weighted by atomic mass is 79.9.